The second kappa shape index (κ2) is 11.6. The van der Waals surface area contributed by atoms with Gasteiger partial charge in [-0.1, -0.05) is 35.9 Å². The maximum atomic E-state index is 12.7. The molecule has 37 heavy (non-hydrogen) atoms. The summed E-state index contributed by atoms with van der Waals surface area (Å²) in [4.78, 5) is 42.6. The largest absolute Gasteiger partial charge is 0.506 e. The fraction of sp³-hybridized carbons (Fsp3) is 0.143. The van der Waals surface area contributed by atoms with Crippen LogP contribution in [-0.2, 0) is 6.42 Å². The second-order valence-electron chi connectivity index (χ2n) is 8.31. The van der Waals surface area contributed by atoms with Crippen molar-refractivity contribution in [1.82, 2.24) is 0 Å². The molecule has 4 rings (SSSR count). The standard InChI is InChI=1S/C28H23ClN2O4S2/c1-16(21-15-36-27(26(21)34)18-7-9-20(29)10-8-18)31-14-23(33)25-13-12-24(37-25)22(32)11-4-17-2-5-19(6-3-17)28(30)35/h2-3,5-10,12-13,15,34H,4,11,14H2,1H3,(H2,30,35). The van der Waals surface area contributed by atoms with Crippen LogP contribution in [0.2, 0.25) is 5.02 Å². The van der Waals surface area contributed by atoms with Crippen molar-refractivity contribution in [3.05, 3.63) is 97.5 Å². The minimum atomic E-state index is -0.493. The summed E-state index contributed by atoms with van der Waals surface area (Å²) in [7, 11) is 0. The van der Waals surface area contributed by atoms with E-state index in [2.05, 4.69) is 4.99 Å². The normalized spacial score (nSPS) is 11.5. The Balaban J connectivity index is 1.36. The van der Waals surface area contributed by atoms with Gasteiger partial charge in [0, 0.05) is 33.7 Å². The number of aryl methyl sites for hydroxylation is 1. The summed E-state index contributed by atoms with van der Waals surface area (Å²) in [6, 6.07) is 17.3. The van der Waals surface area contributed by atoms with Crippen LogP contribution < -0.4 is 5.73 Å². The third-order valence-electron chi connectivity index (χ3n) is 5.76. The lowest BCUT2D eigenvalue weighted by Crippen LogP contribution is -2.10. The van der Waals surface area contributed by atoms with Crippen molar-refractivity contribution in [2.45, 2.75) is 19.8 Å². The van der Waals surface area contributed by atoms with Crippen molar-refractivity contribution >= 4 is 57.5 Å². The van der Waals surface area contributed by atoms with Crippen LogP contribution in [0.5, 0.6) is 5.75 Å². The molecule has 6 nitrogen and oxygen atoms in total. The lowest BCUT2D eigenvalue weighted by Gasteiger charge is -2.02. The summed E-state index contributed by atoms with van der Waals surface area (Å²) >= 11 is 8.50. The van der Waals surface area contributed by atoms with Gasteiger partial charge in [-0.05, 0) is 60.9 Å². The minimum Gasteiger partial charge on any atom is -0.506 e. The Kier molecular flexibility index (Phi) is 8.33. The average molecular weight is 551 g/mol. The molecule has 0 saturated carbocycles. The van der Waals surface area contributed by atoms with Crippen molar-refractivity contribution in [2.24, 2.45) is 10.7 Å². The number of primary amides is 1. The molecular weight excluding hydrogens is 528 g/mol. The van der Waals surface area contributed by atoms with E-state index in [0.717, 1.165) is 22.5 Å². The molecule has 0 aliphatic rings. The highest BCUT2D eigenvalue weighted by Gasteiger charge is 2.17. The fourth-order valence-electron chi connectivity index (χ4n) is 3.62. The number of ketones is 2. The van der Waals surface area contributed by atoms with Crippen LogP contribution >= 0.6 is 34.3 Å². The number of aliphatic imine (C=N–C) groups is 1. The fourth-order valence-corrected chi connectivity index (χ4v) is 5.66. The molecule has 1 amide bonds. The Morgan fingerprint density at radius 3 is 2.24 bits per heavy atom. The van der Waals surface area contributed by atoms with Gasteiger partial charge >= 0.3 is 0 Å². The molecule has 2 heterocycles. The maximum absolute atomic E-state index is 12.7. The summed E-state index contributed by atoms with van der Waals surface area (Å²) in [5.41, 5.74) is 8.57. The van der Waals surface area contributed by atoms with Crippen LogP contribution in [0.25, 0.3) is 10.4 Å². The number of halogens is 1. The van der Waals surface area contributed by atoms with Crippen LogP contribution in [0.1, 0.15) is 54.2 Å². The number of rotatable bonds is 10. The van der Waals surface area contributed by atoms with Gasteiger partial charge in [0.05, 0.1) is 14.6 Å². The molecule has 2 aromatic carbocycles. The highest BCUT2D eigenvalue weighted by Crippen LogP contribution is 2.39. The van der Waals surface area contributed by atoms with Crippen molar-refractivity contribution in [2.75, 3.05) is 6.54 Å². The Morgan fingerprint density at radius 2 is 1.59 bits per heavy atom. The van der Waals surface area contributed by atoms with Gasteiger partial charge in [0.15, 0.2) is 11.6 Å². The van der Waals surface area contributed by atoms with E-state index >= 15 is 0 Å². The number of benzene rings is 2. The van der Waals surface area contributed by atoms with Gasteiger partial charge in [0.2, 0.25) is 5.91 Å². The number of thiophene rings is 2. The minimum absolute atomic E-state index is 0.0550. The second-order valence-corrected chi connectivity index (χ2v) is 10.7. The van der Waals surface area contributed by atoms with E-state index in [1.165, 1.54) is 11.3 Å². The SMILES string of the molecule is CC(=NCC(=O)c1ccc(C(=O)CCc2ccc(C(N)=O)cc2)s1)c1csc(-c2ccc(Cl)cc2)c1O. The molecule has 0 aliphatic heterocycles. The number of aromatic hydroxyl groups is 1. The van der Waals surface area contributed by atoms with Crippen LogP contribution in [-0.4, -0.2) is 34.8 Å². The van der Waals surface area contributed by atoms with Gasteiger partial charge in [-0.3, -0.25) is 19.4 Å². The molecule has 0 unspecified atom stereocenters. The molecule has 0 aliphatic carbocycles. The number of carbonyl (C=O) groups excluding carboxylic acids is 3. The first-order valence-electron chi connectivity index (χ1n) is 11.4. The van der Waals surface area contributed by atoms with E-state index in [4.69, 9.17) is 17.3 Å². The third-order valence-corrected chi connectivity index (χ3v) is 8.19. The molecular formula is C28H23ClN2O4S2. The first-order chi connectivity index (χ1) is 17.7. The van der Waals surface area contributed by atoms with Gasteiger partial charge in [-0.2, -0.15) is 0 Å². The lowest BCUT2D eigenvalue weighted by molar-refractivity contribution is 0.0982. The monoisotopic (exact) mass is 550 g/mol. The first kappa shape index (κ1) is 26.5. The van der Waals surface area contributed by atoms with Crippen LogP contribution in [0.3, 0.4) is 0 Å². The summed E-state index contributed by atoms with van der Waals surface area (Å²) in [6.45, 7) is 1.66. The summed E-state index contributed by atoms with van der Waals surface area (Å²) in [6.07, 6.45) is 0.805. The third kappa shape index (κ3) is 6.40. The number of carbonyl (C=O) groups is 3. The first-order valence-corrected chi connectivity index (χ1v) is 13.4. The zero-order valence-electron chi connectivity index (χ0n) is 19.9. The van der Waals surface area contributed by atoms with Gasteiger partial charge in [-0.15, -0.1) is 22.7 Å². The zero-order valence-corrected chi connectivity index (χ0v) is 22.3. The predicted octanol–water partition coefficient (Wildman–Crippen LogP) is 6.44. The smallest absolute Gasteiger partial charge is 0.248 e. The van der Waals surface area contributed by atoms with Crippen molar-refractivity contribution < 1.29 is 19.5 Å². The average Bonchev–Trinajstić information content (AvgIpc) is 3.54. The predicted molar refractivity (Wildman–Crippen MR) is 150 cm³/mol. The van der Waals surface area contributed by atoms with Crippen molar-refractivity contribution in [3.63, 3.8) is 0 Å². The van der Waals surface area contributed by atoms with E-state index in [1.54, 1.807) is 55.5 Å². The molecule has 0 atom stereocenters. The molecule has 188 valence electrons. The highest BCUT2D eigenvalue weighted by atomic mass is 35.5. The van der Waals surface area contributed by atoms with Crippen molar-refractivity contribution in [3.8, 4) is 16.2 Å². The van der Waals surface area contributed by atoms with Crippen molar-refractivity contribution in [1.29, 1.82) is 0 Å². The number of hydrogen-bond acceptors (Lipinski definition) is 7. The molecule has 0 saturated heterocycles. The van der Waals surface area contributed by atoms with E-state index in [9.17, 15) is 19.5 Å². The molecule has 2 aromatic heterocycles. The maximum Gasteiger partial charge on any atom is 0.248 e. The Labute approximate surface area is 227 Å². The molecule has 0 fully saturated rings. The topological polar surface area (TPSA) is 110 Å². The summed E-state index contributed by atoms with van der Waals surface area (Å²) in [5, 5.41) is 13.1. The van der Waals surface area contributed by atoms with E-state index in [-0.39, 0.29) is 30.3 Å². The van der Waals surface area contributed by atoms with Gasteiger partial charge in [0.1, 0.15) is 12.3 Å². The number of amides is 1. The quantitative estimate of drug-likeness (QED) is 0.175. The molecule has 0 radical (unpaired) electrons. The highest BCUT2D eigenvalue weighted by molar-refractivity contribution is 7.16. The van der Waals surface area contributed by atoms with Gasteiger partial charge < -0.3 is 10.8 Å². The molecule has 3 N–H and O–H groups in total. The molecule has 9 heteroatoms. The number of nitrogens with two attached hydrogens (primary N) is 1. The van der Waals surface area contributed by atoms with Crippen LogP contribution in [0.4, 0.5) is 0 Å². The Hall–Kier alpha value is -3.59. The summed E-state index contributed by atoms with van der Waals surface area (Å²) in [5.74, 6) is -0.624. The van der Waals surface area contributed by atoms with E-state index < -0.39 is 5.91 Å². The molecule has 0 spiro atoms. The number of Topliss-reactive ketones (excluding diaryl/α,β-unsaturated/α-hetero) is 2. The molecule has 4 aromatic rings. The molecule has 0 bridgehead atoms. The zero-order chi connectivity index (χ0) is 26.5. The van der Waals surface area contributed by atoms with E-state index in [0.29, 0.717) is 42.9 Å². The van der Waals surface area contributed by atoms with Gasteiger partial charge in [-0.25, -0.2) is 0 Å². The van der Waals surface area contributed by atoms with Gasteiger partial charge in [0.25, 0.3) is 0 Å². The summed E-state index contributed by atoms with van der Waals surface area (Å²) < 4.78 is 0. The Bertz CT molecular complexity index is 1490. The number of nitrogens with zero attached hydrogens (tertiary/aromatic N) is 1. The number of hydrogen-bond donors (Lipinski definition) is 2. The van der Waals surface area contributed by atoms with Crippen LogP contribution in [0.15, 0.2) is 71.0 Å². The lowest BCUT2D eigenvalue weighted by atomic mass is 10.0. The van der Waals surface area contributed by atoms with Crippen LogP contribution in [0, 0.1) is 0 Å². The Morgan fingerprint density at radius 1 is 0.946 bits per heavy atom. The van der Waals surface area contributed by atoms with E-state index in [1.807, 2.05) is 17.5 Å².